The summed E-state index contributed by atoms with van der Waals surface area (Å²) in [5, 5.41) is 12.6. The lowest BCUT2D eigenvalue weighted by molar-refractivity contribution is 0.0683. The number of carboxylic acid groups (broad SMARTS) is 1. The van der Waals surface area contributed by atoms with Crippen LogP contribution in [0.4, 0.5) is 5.95 Å². The minimum Gasteiger partial charge on any atom is -0.477 e. The summed E-state index contributed by atoms with van der Waals surface area (Å²) in [5.41, 5.74) is 1.22. The van der Waals surface area contributed by atoms with Crippen LogP contribution in [-0.2, 0) is 6.54 Å². The fourth-order valence-electron chi connectivity index (χ4n) is 2.97. The molecule has 0 amide bonds. The Balaban J connectivity index is 2.06. The minimum atomic E-state index is -0.839. The number of imidazole rings is 1. The van der Waals surface area contributed by atoms with E-state index in [1.807, 2.05) is 4.57 Å². The summed E-state index contributed by atoms with van der Waals surface area (Å²) >= 11 is 0. The maximum Gasteiger partial charge on any atom is 0.354 e. The second-order valence-corrected chi connectivity index (χ2v) is 4.89. The normalized spacial score (nSPS) is 20.0. The topological polar surface area (TPSA) is 67.1 Å². The summed E-state index contributed by atoms with van der Waals surface area (Å²) in [5.74, 6) is 0.255. The van der Waals surface area contributed by atoms with Crippen LogP contribution in [0.2, 0.25) is 0 Å². The first-order valence-corrected chi connectivity index (χ1v) is 6.35. The first kappa shape index (κ1) is 10.6. The van der Waals surface area contributed by atoms with Gasteiger partial charge in [0.1, 0.15) is 0 Å². The van der Waals surface area contributed by atoms with E-state index in [2.05, 4.69) is 10.3 Å². The second-order valence-electron chi connectivity index (χ2n) is 4.89. The van der Waals surface area contributed by atoms with E-state index in [-0.39, 0.29) is 0 Å². The molecule has 1 saturated carbocycles. The highest BCUT2D eigenvalue weighted by Crippen LogP contribution is 2.37. The number of carboxylic acids is 1. The summed E-state index contributed by atoms with van der Waals surface area (Å²) in [7, 11) is 0. The Morgan fingerprint density at radius 2 is 2.12 bits per heavy atom. The van der Waals surface area contributed by atoms with E-state index in [0.717, 1.165) is 44.0 Å². The maximum atomic E-state index is 11.4. The molecule has 17 heavy (non-hydrogen) atoms. The quantitative estimate of drug-likeness (QED) is 0.823. The summed E-state index contributed by atoms with van der Waals surface area (Å²) in [6.07, 6.45) is 5.51. The lowest BCUT2D eigenvalue weighted by Gasteiger charge is -2.16. The molecular formula is C12H17N3O2. The Hall–Kier alpha value is -1.52. The fraction of sp³-hybridized carbons (Fsp3) is 0.667. The molecule has 3 rings (SSSR count). The van der Waals surface area contributed by atoms with E-state index >= 15 is 0 Å². The zero-order chi connectivity index (χ0) is 11.8. The second kappa shape index (κ2) is 4.05. The van der Waals surface area contributed by atoms with Crippen molar-refractivity contribution in [3.63, 3.8) is 0 Å². The van der Waals surface area contributed by atoms with Gasteiger partial charge in [0.2, 0.25) is 5.95 Å². The molecule has 0 radical (unpaired) electrons. The molecule has 1 aliphatic heterocycles. The highest BCUT2D eigenvalue weighted by atomic mass is 16.4. The van der Waals surface area contributed by atoms with Gasteiger partial charge >= 0.3 is 5.97 Å². The Bertz CT molecular complexity index is 447. The average Bonchev–Trinajstić information content (AvgIpc) is 2.95. The molecular weight excluding hydrogens is 218 g/mol. The first-order chi connectivity index (χ1) is 8.27. The molecule has 0 atom stereocenters. The maximum absolute atomic E-state index is 11.4. The van der Waals surface area contributed by atoms with E-state index in [0.29, 0.717) is 11.6 Å². The van der Waals surface area contributed by atoms with Gasteiger partial charge in [-0.15, -0.1) is 0 Å². The third-order valence-electron chi connectivity index (χ3n) is 3.78. The van der Waals surface area contributed by atoms with Crippen LogP contribution < -0.4 is 5.32 Å². The van der Waals surface area contributed by atoms with Gasteiger partial charge in [0.25, 0.3) is 0 Å². The van der Waals surface area contributed by atoms with Crippen LogP contribution in [0.25, 0.3) is 0 Å². The molecule has 2 N–H and O–H groups in total. The Labute approximate surface area is 99.8 Å². The van der Waals surface area contributed by atoms with Gasteiger partial charge in [-0.05, 0) is 19.3 Å². The Morgan fingerprint density at radius 3 is 2.82 bits per heavy atom. The molecule has 1 aromatic rings. The number of fused-ring (bicyclic) bond motifs is 1. The molecule has 0 aromatic carbocycles. The zero-order valence-electron chi connectivity index (χ0n) is 9.78. The number of aromatic nitrogens is 2. The number of nitrogens with zero attached hydrogens (tertiary/aromatic N) is 2. The standard InChI is InChI=1S/C12H17N3O2/c16-11(17)10-9(8-4-1-2-5-8)14-12-13-6-3-7-15(10)12/h8H,1-7H2,(H,13,14)(H,16,17). The fourth-order valence-corrected chi connectivity index (χ4v) is 2.97. The zero-order valence-corrected chi connectivity index (χ0v) is 9.78. The van der Waals surface area contributed by atoms with Gasteiger partial charge in [0, 0.05) is 19.0 Å². The average molecular weight is 235 g/mol. The van der Waals surface area contributed by atoms with Gasteiger partial charge in [0.15, 0.2) is 5.69 Å². The van der Waals surface area contributed by atoms with Crippen LogP contribution in [0, 0.1) is 0 Å². The summed E-state index contributed by atoms with van der Waals surface area (Å²) in [6, 6.07) is 0. The van der Waals surface area contributed by atoms with Gasteiger partial charge in [-0.3, -0.25) is 0 Å². The molecule has 2 heterocycles. The lowest BCUT2D eigenvalue weighted by atomic mass is 10.0. The number of aromatic carboxylic acids is 1. The van der Waals surface area contributed by atoms with E-state index < -0.39 is 5.97 Å². The molecule has 1 fully saturated rings. The smallest absolute Gasteiger partial charge is 0.354 e. The van der Waals surface area contributed by atoms with Gasteiger partial charge in [-0.1, -0.05) is 12.8 Å². The van der Waals surface area contributed by atoms with Gasteiger partial charge < -0.3 is 15.0 Å². The largest absolute Gasteiger partial charge is 0.477 e. The highest BCUT2D eigenvalue weighted by Gasteiger charge is 2.30. The van der Waals surface area contributed by atoms with Crippen molar-refractivity contribution >= 4 is 11.9 Å². The van der Waals surface area contributed by atoms with Crippen molar-refractivity contribution in [2.45, 2.75) is 44.6 Å². The SMILES string of the molecule is O=C(O)c1c(C2CCCC2)nc2n1CCCN2. The van der Waals surface area contributed by atoms with E-state index in [9.17, 15) is 9.90 Å². The Morgan fingerprint density at radius 1 is 1.35 bits per heavy atom. The molecule has 2 aliphatic rings. The summed E-state index contributed by atoms with van der Waals surface area (Å²) in [4.78, 5) is 15.9. The predicted molar refractivity (Wildman–Crippen MR) is 63.5 cm³/mol. The van der Waals surface area contributed by atoms with Gasteiger partial charge in [-0.2, -0.15) is 0 Å². The van der Waals surface area contributed by atoms with Crippen LogP contribution in [0.3, 0.4) is 0 Å². The molecule has 1 aromatic heterocycles. The molecule has 0 unspecified atom stereocenters. The van der Waals surface area contributed by atoms with Crippen molar-refractivity contribution in [1.82, 2.24) is 9.55 Å². The van der Waals surface area contributed by atoms with Crippen molar-refractivity contribution in [3.8, 4) is 0 Å². The first-order valence-electron chi connectivity index (χ1n) is 6.35. The lowest BCUT2D eigenvalue weighted by Crippen LogP contribution is -2.20. The van der Waals surface area contributed by atoms with Crippen LogP contribution >= 0.6 is 0 Å². The molecule has 0 saturated heterocycles. The number of hydrogen-bond acceptors (Lipinski definition) is 3. The summed E-state index contributed by atoms with van der Waals surface area (Å²) in [6.45, 7) is 1.66. The third-order valence-corrected chi connectivity index (χ3v) is 3.78. The molecule has 0 spiro atoms. The van der Waals surface area contributed by atoms with Crippen molar-refractivity contribution in [3.05, 3.63) is 11.4 Å². The number of carbonyl (C=O) groups is 1. The molecule has 1 aliphatic carbocycles. The van der Waals surface area contributed by atoms with Gasteiger partial charge in [-0.25, -0.2) is 9.78 Å². The molecule has 0 bridgehead atoms. The Kier molecular flexibility index (Phi) is 2.53. The molecule has 92 valence electrons. The van der Waals surface area contributed by atoms with Crippen molar-refractivity contribution < 1.29 is 9.90 Å². The van der Waals surface area contributed by atoms with E-state index in [1.54, 1.807) is 0 Å². The number of nitrogens with one attached hydrogen (secondary N) is 1. The van der Waals surface area contributed by atoms with Crippen LogP contribution in [0.1, 0.15) is 54.2 Å². The monoisotopic (exact) mass is 235 g/mol. The number of hydrogen-bond donors (Lipinski definition) is 2. The van der Waals surface area contributed by atoms with Gasteiger partial charge in [0.05, 0.1) is 5.69 Å². The minimum absolute atomic E-state index is 0.348. The molecule has 5 nitrogen and oxygen atoms in total. The van der Waals surface area contributed by atoms with Crippen LogP contribution in [0.5, 0.6) is 0 Å². The van der Waals surface area contributed by atoms with Crippen molar-refractivity contribution in [2.75, 3.05) is 11.9 Å². The summed E-state index contributed by atoms with van der Waals surface area (Å²) < 4.78 is 1.83. The van der Waals surface area contributed by atoms with E-state index in [4.69, 9.17) is 0 Å². The molecule has 5 heteroatoms. The van der Waals surface area contributed by atoms with Crippen molar-refractivity contribution in [1.29, 1.82) is 0 Å². The number of anilines is 1. The number of rotatable bonds is 2. The van der Waals surface area contributed by atoms with Crippen LogP contribution in [0.15, 0.2) is 0 Å². The van der Waals surface area contributed by atoms with Crippen LogP contribution in [-0.4, -0.2) is 27.2 Å². The van der Waals surface area contributed by atoms with Crippen molar-refractivity contribution in [2.24, 2.45) is 0 Å². The third kappa shape index (κ3) is 1.69. The predicted octanol–water partition coefficient (Wildman–Crippen LogP) is 2.05. The van der Waals surface area contributed by atoms with E-state index in [1.165, 1.54) is 12.8 Å². The highest BCUT2D eigenvalue weighted by molar-refractivity contribution is 5.88.